The topological polar surface area (TPSA) is 46.6 Å². The van der Waals surface area contributed by atoms with E-state index in [1.165, 1.54) is 38.9 Å². The van der Waals surface area contributed by atoms with Crippen molar-refractivity contribution in [2.24, 2.45) is 0 Å². The maximum absolute atomic E-state index is 5.71. The summed E-state index contributed by atoms with van der Waals surface area (Å²) in [6, 6.07) is 13.2. The van der Waals surface area contributed by atoms with Gasteiger partial charge in [-0.25, -0.2) is 4.98 Å². The predicted octanol–water partition coefficient (Wildman–Crippen LogP) is 5.06. The van der Waals surface area contributed by atoms with Crippen molar-refractivity contribution in [3.63, 3.8) is 0 Å². The van der Waals surface area contributed by atoms with Gasteiger partial charge in [-0.05, 0) is 66.3 Å². The van der Waals surface area contributed by atoms with Gasteiger partial charge in [0.2, 0.25) is 0 Å². The van der Waals surface area contributed by atoms with Crippen LogP contribution in [0, 0.1) is 20.8 Å². The smallest absolute Gasteiger partial charge is 0.131 e. The van der Waals surface area contributed by atoms with E-state index in [2.05, 4.69) is 67.4 Å². The molecule has 0 unspecified atom stereocenters. The second-order valence-electron chi connectivity index (χ2n) is 8.78. The Kier molecular flexibility index (Phi) is 5.75. The highest BCUT2D eigenvalue weighted by molar-refractivity contribution is 5.73. The molecule has 1 fully saturated rings. The molecule has 32 heavy (non-hydrogen) atoms. The van der Waals surface area contributed by atoms with Crippen LogP contribution in [0.3, 0.4) is 0 Å². The van der Waals surface area contributed by atoms with E-state index in [1.807, 2.05) is 6.20 Å². The molecule has 0 amide bonds. The largest absolute Gasteiger partial charge is 0.493 e. The summed E-state index contributed by atoms with van der Waals surface area (Å²) in [5.74, 6) is 2.09. The van der Waals surface area contributed by atoms with Crippen molar-refractivity contribution >= 4 is 11.5 Å². The SMILES string of the molecule is Cc1cc(-c2c(C)ccc(CNc3ccc4c(c3)OCC4)c2C)cnc1N1CCOCC1. The molecule has 0 atom stereocenters. The van der Waals surface area contributed by atoms with Crippen LogP contribution < -0.4 is 15.0 Å². The minimum atomic E-state index is 0.770. The molecule has 0 bridgehead atoms. The van der Waals surface area contributed by atoms with E-state index < -0.39 is 0 Å². The molecule has 2 aliphatic heterocycles. The molecule has 1 N–H and O–H groups in total. The summed E-state index contributed by atoms with van der Waals surface area (Å²) in [4.78, 5) is 7.18. The molecule has 0 saturated carbocycles. The van der Waals surface area contributed by atoms with E-state index in [9.17, 15) is 0 Å². The number of nitrogens with one attached hydrogen (secondary N) is 1. The van der Waals surface area contributed by atoms with E-state index in [0.717, 1.165) is 63.1 Å². The molecule has 3 heterocycles. The van der Waals surface area contributed by atoms with Crippen molar-refractivity contribution in [1.82, 2.24) is 4.98 Å². The lowest BCUT2D eigenvalue weighted by molar-refractivity contribution is 0.122. The summed E-state index contributed by atoms with van der Waals surface area (Å²) in [6.07, 6.45) is 3.04. The molecule has 1 aromatic heterocycles. The summed E-state index contributed by atoms with van der Waals surface area (Å²) in [6.45, 7) is 11.5. The van der Waals surface area contributed by atoms with E-state index in [0.29, 0.717) is 0 Å². The van der Waals surface area contributed by atoms with Crippen LogP contribution in [0.25, 0.3) is 11.1 Å². The number of ether oxygens (including phenoxy) is 2. The van der Waals surface area contributed by atoms with E-state index in [-0.39, 0.29) is 0 Å². The predicted molar refractivity (Wildman–Crippen MR) is 130 cm³/mol. The first kappa shape index (κ1) is 20.8. The van der Waals surface area contributed by atoms with Gasteiger partial charge < -0.3 is 19.7 Å². The molecule has 5 nitrogen and oxygen atoms in total. The summed E-state index contributed by atoms with van der Waals surface area (Å²) in [7, 11) is 0. The van der Waals surface area contributed by atoms with Gasteiger partial charge in [0.05, 0.1) is 19.8 Å². The fourth-order valence-electron chi connectivity index (χ4n) is 4.81. The zero-order valence-corrected chi connectivity index (χ0v) is 19.2. The van der Waals surface area contributed by atoms with Gasteiger partial charge in [0.1, 0.15) is 11.6 Å². The van der Waals surface area contributed by atoms with Crippen LogP contribution in [0.15, 0.2) is 42.6 Å². The summed E-state index contributed by atoms with van der Waals surface area (Å²) < 4.78 is 11.2. The third kappa shape index (κ3) is 4.05. The van der Waals surface area contributed by atoms with E-state index >= 15 is 0 Å². The fourth-order valence-corrected chi connectivity index (χ4v) is 4.81. The number of fused-ring (bicyclic) bond motifs is 1. The number of aromatic nitrogens is 1. The number of hydrogen-bond donors (Lipinski definition) is 1. The number of benzene rings is 2. The van der Waals surface area contributed by atoms with Gasteiger partial charge >= 0.3 is 0 Å². The van der Waals surface area contributed by atoms with Crippen LogP contribution in [-0.4, -0.2) is 37.9 Å². The minimum absolute atomic E-state index is 0.770. The highest BCUT2D eigenvalue weighted by Gasteiger charge is 2.17. The molecule has 3 aromatic rings. The van der Waals surface area contributed by atoms with Crippen LogP contribution in [0.1, 0.15) is 27.8 Å². The van der Waals surface area contributed by atoms with Crippen molar-refractivity contribution in [3.05, 3.63) is 70.4 Å². The third-order valence-electron chi connectivity index (χ3n) is 6.61. The Hall–Kier alpha value is -3.05. The van der Waals surface area contributed by atoms with Crippen molar-refractivity contribution < 1.29 is 9.47 Å². The Balaban J connectivity index is 1.39. The van der Waals surface area contributed by atoms with Crippen molar-refractivity contribution in [2.75, 3.05) is 43.1 Å². The Morgan fingerprint density at radius 2 is 1.81 bits per heavy atom. The van der Waals surface area contributed by atoms with Gasteiger partial charge in [-0.3, -0.25) is 0 Å². The van der Waals surface area contributed by atoms with Gasteiger partial charge in [-0.15, -0.1) is 0 Å². The Bertz CT molecular complexity index is 1140. The van der Waals surface area contributed by atoms with Crippen LogP contribution in [0.5, 0.6) is 5.75 Å². The van der Waals surface area contributed by atoms with Gasteiger partial charge in [-0.2, -0.15) is 0 Å². The van der Waals surface area contributed by atoms with Gasteiger partial charge in [0, 0.05) is 49.6 Å². The normalized spacial score (nSPS) is 15.4. The van der Waals surface area contributed by atoms with Gasteiger partial charge in [0.25, 0.3) is 0 Å². The summed E-state index contributed by atoms with van der Waals surface area (Å²) in [5, 5.41) is 3.58. The lowest BCUT2D eigenvalue weighted by atomic mass is 9.92. The number of morpholine rings is 1. The molecule has 5 heteroatoms. The molecule has 2 aliphatic rings. The minimum Gasteiger partial charge on any atom is -0.493 e. The first-order chi connectivity index (χ1) is 15.6. The average molecular weight is 430 g/mol. The summed E-state index contributed by atoms with van der Waals surface area (Å²) >= 11 is 0. The number of hydrogen-bond acceptors (Lipinski definition) is 5. The molecule has 0 aliphatic carbocycles. The van der Waals surface area contributed by atoms with E-state index in [1.54, 1.807) is 0 Å². The molecule has 1 saturated heterocycles. The Labute approximate surface area is 190 Å². The molecular formula is C27H31N3O2. The quantitative estimate of drug-likeness (QED) is 0.614. The third-order valence-corrected chi connectivity index (χ3v) is 6.61. The van der Waals surface area contributed by atoms with Crippen LogP contribution in [0.4, 0.5) is 11.5 Å². The lowest BCUT2D eigenvalue weighted by Crippen LogP contribution is -2.37. The fraction of sp³-hybridized carbons (Fsp3) is 0.370. The first-order valence-electron chi connectivity index (χ1n) is 11.5. The van der Waals surface area contributed by atoms with Crippen LogP contribution >= 0.6 is 0 Å². The van der Waals surface area contributed by atoms with Crippen molar-refractivity contribution in [1.29, 1.82) is 0 Å². The van der Waals surface area contributed by atoms with Gasteiger partial charge in [0.15, 0.2) is 0 Å². The maximum atomic E-state index is 5.71. The second-order valence-corrected chi connectivity index (χ2v) is 8.78. The van der Waals surface area contributed by atoms with Crippen molar-refractivity contribution in [3.8, 4) is 16.9 Å². The van der Waals surface area contributed by atoms with E-state index in [4.69, 9.17) is 14.5 Å². The maximum Gasteiger partial charge on any atom is 0.131 e. The number of anilines is 2. The highest BCUT2D eigenvalue weighted by Crippen LogP contribution is 2.33. The Morgan fingerprint density at radius 3 is 2.62 bits per heavy atom. The number of rotatable bonds is 5. The van der Waals surface area contributed by atoms with Gasteiger partial charge in [-0.1, -0.05) is 18.2 Å². The molecule has 166 valence electrons. The monoisotopic (exact) mass is 429 g/mol. The zero-order chi connectivity index (χ0) is 22.1. The average Bonchev–Trinajstić information content (AvgIpc) is 3.27. The number of pyridine rings is 1. The number of aryl methyl sites for hydroxylation is 2. The highest BCUT2D eigenvalue weighted by atomic mass is 16.5. The van der Waals surface area contributed by atoms with Crippen molar-refractivity contribution in [2.45, 2.75) is 33.7 Å². The molecule has 0 spiro atoms. The number of nitrogens with zero attached hydrogens (tertiary/aromatic N) is 2. The molecular weight excluding hydrogens is 398 g/mol. The van der Waals surface area contributed by atoms with Crippen LogP contribution in [-0.2, 0) is 17.7 Å². The molecule has 5 rings (SSSR count). The molecule has 2 aromatic carbocycles. The lowest BCUT2D eigenvalue weighted by Gasteiger charge is -2.29. The standard InChI is InChI=1S/C27H31N3O2/c1-18-4-5-22(16-28-24-7-6-21-8-11-32-25(21)15-24)20(3)26(18)23-14-19(2)27(29-17-23)30-9-12-31-13-10-30/h4-7,14-15,17,28H,8-13,16H2,1-3H3. The zero-order valence-electron chi connectivity index (χ0n) is 19.2. The summed E-state index contributed by atoms with van der Waals surface area (Å²) in [5.41, 5.74) is 9.94. The first-order valence-corrected chi connectivity index (χ1v) is 11.5. The Morgan fingerprint density at radius 1 is 0.969 bits per heavy atom. The van der Waals surface area contributed by atoms with Crippen LogP contribution in [0.2, 0.25) is 0 Å². The second kappa shape index (κ2) is 8.83. The molecule has 0 radical (unpaired) electrons.